The van der Waals surface area contributed by atoms with Gasteiger partial charge in [0, 0.05) is 41.5 Å². The van der Waals surface area contributed by atoms with Gasteiger partial charge in [0.25, 0.3) is 0 Å². The molecule has 1 aliphatic heterocycles. The predicted molar refractivity (Wildman–Crippen MR) is 102 cm³/mol. The van der Waals surface area contributed by atoms with Crippen LogP contribution in [-0.4, -0.2) is 60.8 Å². The summed E-state index contributed by atoms with van der Waals surface area (Å²) in [6.45, 7) is 9.25. The van der Waals surface area contributed by atoms with Crippen LogP contribution in [0.4, 0.5) is 4.79 Å². The number of morpholine rings is 1. The number of nitrogens with zero attached hydrogens (tertiary/aromatic N) is 2. The van der Waals surface area contributed by atoms with Crippen molar-refractivity contribution < 1.29 is 9.53 Å². The minimum atomic E-state index is 0.0954. The number of amides is 2. The van der Waals surface area contributed by atoms with Gasteiger partial charge in [0.2, 0.25) is 0 Å². The highest BCUT2D eigenvalue weighted by molar-refractivity contribution is 7.11. The van der Waals surface area contributed by atoms with Crippen molar-refractivity contribution in [2.75, 3.05) is 32.8 Å². The maximum absolute atomic E-state index is 12.9. The molecule has 1 saturated heterocycles. The van der Waals surface area contributed by atoms with Crippen molar-refractivity contribution in [2.45, 2.75) is 58.2 Å². The van der Waals surface area contributed by atoms with Crippen LogP contribution >= 0.6 is 11.3 Å². The van der Waals surface area contributed by atoms with Gasteiger partial charge in [0.15, 0.2) is 0 Å². The van der Waals surface area contributed by atoms with Gasteiger partial charge in [-0.25, -0.2) is 4.79 Å². The molecule has 140 valence electrons. The van der Waals surface area contributed by atoms with Crippen LogP contribution in [-0.2, 0) is 11.3 Å². The van der Waals surface area contributed by atoms with Gasteiger partial charge < -0.3 is 15.0 Å². The summed E-state index contributed by atoms with van der Waals surface area (Å²) in [7, 11) is 0. The molecule has 25 heavy (non-hydrogen) atoms. The van der Waals surface area contributed by atoms with Crippen molar-refractivity contribution in [3.05, 3.63) is 21.9 Å². The van der Waals surface area contributed by atoms with Gasteiger partial charge in [-0.1, -0.05) is 12.8 Å². The van der Waals surface area contributed by atoms with E-state index >= 15 is 0 Å². The largest absolute Gasteiger partial charge is 0.379 e. The average molecular weight is 366 g/mol. The highest BCUT2D eigenvalue weighted by Gasteiger charge is 2.27. The Balaban J connectivity index is 1.56. The molecule has 1 saturated carbocycles. The first-order chi connectivity index (χ1) is 12.1. The zero-order valence-corrected chi connectivity index (χ0v) is 16.3. The molecule has 5 nitrogen and oxygen atoms in total. The van der Waals surface area contributed by atoms with Crippen LogP contribution in [0.25, 0.3) is 0 Å². The van der Waals surface area contributed by atoms with Crippen molar-refractivity contribution in [3.63, 3.8) is 0 Å². The number of hydrogen-bond donors (Lipinski definition) is 1. The lowest BCUT2D eigenvalue weighted by molar-refractivity contribution is 0.0205. The quantitative estimate of drug-likeness (QED) is 0.842. The summed E-state index contributed by atoms with van der Waals surface area (Å²) in [5, 5.41) is 3.19. The van der Waals surface area contributed by atoms with Crippen molar-refractivity contribution in [3.8, 4) is 0 Å². The van der Waals surface area contributed by atoms with Crippen LogP contribution in [0.1, 0.15) is 42.4 Å². The van der Waals surface area contributed by atoms with Gasteiger partial charge in [0.1, 0.15) is 0 Å². The number of thiophene rings is 1. The molecule has 3 rings (SSSR count). The van der Waals surface area contributed by atoms with Crippen LogP contribution in [0.2, 0.25) is 0 Å². The van der Waals surface area contributed by atoms with Gasteiger partial charge in [-0.3, -0.25) is 4.90 Å². The minimum absolute atomic E-state index is 0.0954. The first kappa shape index (κ1) is 18.7. The lowest BCUT2D eigenvalue weighted by Gasteiger charge is -2.34. The van der Waals surface area contributed by atoms with Gasteiger partial charge in [0.05, 0.1) is 19.8 Å². The van der Waals surface area contributed by atoms with E-state index in [0.29, 0.717) is 18.6 Å². The van der Waals surface area contributed by atoms with E-state index in [0.717, 1.165) is 45.7 Å². The molecule has 0 unspecified atom stereocenters. The Morgan fingerprint density at radius 2 is 2.08 bits per heavy atom. The van der Waals surface area contributed by atoms with Crippen molar-refractivity contribution in [2.24, 2.45) is 0 Å². The molecule has 0 bridgehead atoms. The summed E-state index contributed by atoms with van der Waals surface area (Å²) in [5.74, 6) is 0. The number of nitrogens with one attached hydrogen (secondary N) is 1. The molecule has 2 aliphatic rings. The summed E-state index contributed by atoms with van der Waals surface area (Å²) < 4.78 is 5.41. The highest BCUT2D eigenvalue weighted by atomic mass is 32.1. The number of carbonyl (C=O) groups excluding carboxylic acids is 1. The summed E-state index contributed by atoms with van der Waals surface area (Å²) in [5.41, 5.74) is 0. The standard InChI is InChI=1S/C19H31N3O2S/c1-15(21-9-11-24-12-10-21)13-20-19(23)22(17-5-3-4-6-17)14-18-8-7-16(2)25-18/h7-8,15,17H,3-6,9-14H2,1-2H3,(H,20,23)/t15-/m1/s1. The number of aryl methyl sites for hydroxylation is 1. The molecule has 0 radical (unpaired) electrons. The molecular weight excluding hydrogens is 334 g/mol. The van der Waals surface area contributed by atoms with E-state index in [4.69, 9.17) is 4.74 Å². The van der Waals surface area contributed by atoms with E-state index in [-0.39, 0.29) is 6.03 Å². The Hall–Kier alpha value is -1.11. The SMILES string of the molecule is Cc1ccc(CN(C(=O)NC[C@@H](C)N2CCOCC2)C2CCCC2)s1. The molecule has 2 fully saturated rings. The van der Waals surface area contributed by atoms with Crippen LogP contribution in [0.15, 0.2) is 12.1 Å². The number of hydrogen-bond acceptors (Lipinski definition) is 4. The van der Waals surface area contributed by atoms with Crippen LogP contribution in [0.5, 0.6) is 0 Å². The maximum Gasteiger partial charge on any atom is 0.318 e. The Kier molecular flexibility index (Phi) is 6.73. The molecule has 2 heterocycles. The number of urea groups is 1. The molecule has 1 aromatic heterocycles. The summed E-state index contributed by atoms with van der Waals surface area (Å²) in [4.78, 5) is 20.0. The van der Waals surface area contributed by atoms with E-state index in [1.807, 2.05) is 0 Å². The third-order valence-electron chi connectivity index (χ3n) is 5.37. The normalized spacial score (nSPS) is 20.6. The second-order valence-corrected chi connectivity index (χ2v) is 8.63. The zero-order valence-electron chi connectivity index (χ0n) is 15.5. The molecule has 1 aromatic rings. The fourth-order valence-electron chi connectivity index (χ4n) is 3.80. The zero-order chi connectivity index (χ0) is 17.6. The molecule has 0 spiro atoms. The number of carbonyl (C=O) groups is 1. The van der Waals surface area contributed by atoms with E-state index in [1.54, 1.807) is 11.3 Å². The first-order valence-corrected chi connectivity index (χ1v) is 10.4. The van der Waals surface area contributed by atoms with Gasteiger partial charge in [-0.15, -0.1) is 11.3 Å². The average Bonchev–Trinajstić information content (AvgIpc) is 3.29. The van der Waals surface area contributed by atoms with Crippen molar-refractivity contribution in [1.82, 2.24) is 15.1 Å². The van der Waals surface area contributed by atoms with Crippen molar-refractivity contribution >= 4 is 17.4 Å². The third kappa shape index (κ3) is 5.19. The van der Waals surface area contributed by atoms with Gasteiger partial charge >= 0.3 is 6.03 Å². The highest BCUT2D eigenvalue weighted by Crippen LogP contribution is 2.26. The maximum atomic E-state index is 12.9. The molecule has 6 heteroatoms. The third-order valence-corrected chi connectivity index (χ3v) is 6.35. The predicted octanol–water partition coefficient (Wildman–Crippen LogP) is 3.23. The Bertz CT molecular complexity index is 551. The summed E-state index contributed by atoms with van der Waals surface area (Å²) in [6, 6.07) is 5.14. The molecular formula is C19H31N3O2S. The van der Waals surface area contributed by atoms with Gasteiger partial charge in [-0.2, -0.15) is 0 Å². The Labute approximate surface area is 155 Å². The van der Waals surface area contributed by atoms with Crippen LogP contribution in [0.3, 0.4) is 0 Å². The minimum Gasteiger partial charge on any atom is -0.379 e. The fourth-order valence-corrected chi connectivity index (χ4v) is 4.69. The van der Waals surface area contributed by atoms with E-state index in [1.165, 1.54) is 22.6 Å². The summed E-state index contributed by atoms with van der Waals surface area (Å²) >= 11 is 1.80. The molecule has 1 atom stereocenters. The second kappa shape index (κ2) is 9.01. The lowest BCUT2D eigenvalue weighted by atomic mass is 10.2. The van der Waals surface area contributed by atoms with Crippen molar-refractivity contribution in [1.29, 1.82) is 0 Å². The molecule has 2 amide bonds. The summed E-state index contributed by atoms with van der Waals surface area (Å²) in [6.07, 6.45) is 4.75. The molecule has 1 aliphatic carbocycles. The van der Waals surface area contributed by atoms with Crippen LogP contribution in [0, 0.1) is 6.92 Å². The van der Waals surface area contributed by atoms with E-state index < -0.39 is 0 Å². The monoisotopic (exact) mass is 365 g/mol. The van der Waals surface area contributed by atoms with E-state index in [2.05, 4.69) is 41.1 Å². The van der Waals surface area contributed by atoms with Crippen LogP contribution < -0.4 is 5.32 Å². The number of rotatable bonds is 6. The lowest BCUT2D eigenvalue weighted by Crippen LogP contribution is -2.51. The topological polar surface area (TPSA) is 44.8 Å². The van der Waals surface area contributed by atoms with Gasteiger partial charge in [-0.05, 0) is 38.8 Å². The number of ether oxygens (including phenoxy) is 1. The Morgan fingerprint density at radius 3 is 2.72 bits per heavy atom. The molecule has 1 N–H and O–H groups in total. The Morgan fingerprint density at radius 1 is 1.36 bits per heavy atom. The first-order valence-electron chi connectivity index (χ1n) is 9.55. The second-order valence-electron chi connectivity index (χ2n) is 7.26. The molecule has 0 aromatic carbocycles. The smallest absolute Gasteiger partial charge is 0.318 e. The van der Waals surface area contributed by atoms with E-state index in [9.17, 15) is 4.79 Å². The fraction of sp³-hybridized carbons (Fsp3) is 0.737.